The van der Waals surface area contributed by atoms with Gasteiger partial charge in [-0.05, 0) is 37.3 Å². The summed E-state index contributed by atoms with van der Waals surface area (Å²) in [6.45, 7) is 2.78. The molecular formula is C20H22N4O6. The molecule has 2 N–H and O–H groups in total. The number of rotatable bonds is 7. The van der Waals surface area contributed by atoms with Gasteiger partial charge < -0.3 is 20.3 Å². The SMILES string of the molecule is CC(=O)Nc1ccc(NC(=O)[C@H](C)OC(=O)c2cc([N+](=O)[O-])ccc2N(C)C)cc1. The fourth-order valence-corrected chi connectivity index (χ4v) is 2.55. The summed E-state index contributed by atoms with van der Waals surface area (Å²) in [7, 11) is 3.36. The number of ether oxygens (including phenoxy) is 1. The predicted molar refractivity (Wildman–Crippen MR) is 112 cm³/mol. The number of benzene rings is 2. The zero-order chi connectivity index (χ0) is 22.4. The smallest absolute Gasteiger partial charge is 0.341 e. The standard InChI is InChI=1S/C20H22N4O6/c1-12(19(26)22-15-7-5-14(6-8-15)21-13(2)25)30-20(27)17-11-16(24(28)29)9-10-18(17)23(3)4/h5-12H,1-4H3,(H,21,25)(H,22,26)/t12-/m0/s1. The summed E-state index contributed by atoms with van der Waals surface area (Å²) in [4.78, 5) is 48.0. The third-order valence-corrected chi connectivity index (χ3v) is 4.02. The topological polar surface area (TPSA) is 131 Å². The van der Waals surface area contributed by atoms with Crippen molar-refractivity contribution in [3.8, 4) is 0 Å². The maximum atomic E-state index is 12.6. The van der Waals surface area contributed by atoms with Gasteiger partial charge in [-0.25, -0.2) is 4.79 Å². The van der Waals surface area contributed by atoms with Gasteiger partial charge in [0.05, 0.1) is 16.2 Å². The van der Waals surface area contributed by atoms with Crippen LogP contribution in [0.3, 0.4) is 0 Å². The summed E-state index contributed by atoms with van der Waals surface area (Å²) >= 11 is 0. The predicted octanol–water partition coefficient (Wildman–Crippen LogP) is 2.80. The van der Waals surface area contributed by atoms with Crippen molar-refractivity contribution in [1.82, 2.24) is 0 Å². The minimum Gasteiger partial charge on any atom is -0.449 e. The van der Waals surface area contributed by atoms with Gasteiger partial charge in [0.2, 0.25) is 5.91 Å². The highest BCUT2D eigenvalue weighted by Gasteiger charge is 2.24. The van der Waals surface area contributed by atoms with Gasteiger partial charge in [0.15, 0.2) is 6.10 Å². The molecule has 2 aromatic carbocycles. The number of anilines is 3. The quantitative estimate of drug-likeness (QED) is 0.405. The Morgan fingerprint density at radius 1 is 1.03 bits per heavy atom. The Morgan fingerprint density at radius 2 is 1.60 bits per heavy atom. The third kappa shape index (κ3) is 5.77. The molecule has 1 atom stereocenters. The van der Waals surface area contributed by atoms with E-state index in [2.05, 4.69) is 10.6 Å². The summed E-state index contributed by atoms with van der Waals surface area (Å²) in [6.07, 6.45) is -1.15. The molecule has 2 amide bonds. The van der Waals surface area contributed by atoms with E-state index in [1.165, 1.54) is 26.0 Å². The Labute approximate surface area is 173 Å². The van der Waals surface area contributed by atoms with E-state index < -0.39 is 22.9 Å². The van der Waals surface area contributed by atoms with Gasteiger partial charge >= 0.3 is 5.97 Å². The van der Waals surface area contributed by atoms with Gasteiger partial charge in [0.1, 0.15) is 0 Å². The first-order chi connectivity index (χ1) is 14.1. The van der Waals surface area contributed by atoms with Crippen molar-refractivity contribution >= 4 is 40.5 Å². The van der Waals surface area contributed by atoms with E-state index in [1.54, 1.807) is 43.3 Å². The van der Waals surface area contributed by atoms with Crippen LogP contribution in [-0.2, 0) is 14.3 Å². The molecule has 10 nitrogen and oxygen atoms in total. The minimum atomic E-state index is -1.15. The number of hydrogen-bond acceptors (Lipinski definition) is 7. The van der Waals surface area contributed by atoms with Crippen LogP contribution in [0.5, 0.6) is 0 Å². The van der Waals surface area contributed by atoms with Gasteiger partial charge in [-0.2, -0.15) is 0 Å². The molecule has 0 saturated carbocycles. The first-order valence-corrected chi connectivity index (χ1v) is 8.93. The number of nitrogens with one attached hydrogen (secondary N) is 2. The van der Waals surface area contributed by atoms with Crippen LogP contribution in [0.4, 0.5) is 22.7 Å². The highest BCUT2D eigenvalue weighted by Crippen LogP contribution is 2.25. The van der Waals surface area contributed by atoms with Gasteiger partial charge in [0.25, 0.3) is 11.6 Å². The average molecular weight is 414 g/mol. The molecule has 0 saturated heterocycles. The molecule has 10 heteroatoms. The van der Waals surface area contributed by atoms with Crippen LogP contribution >= 0.6 is 0 Å². The van der Waals surface area contributed by atoms with Crippen LogP contribution in [0.2, 0.25) is 0 Å². The molecule has 30 heavy (non-hydrogen) atoms. The van der Waals surface area contributed by atoms with Crippen molar-refractivity contribution in [3.63, 3.8) is 0 Å². The van der Waals surface area contributed by atoms with Crippen molar-refractivity contribution in [2.75, 3.05) is 29.6 Å². The van der Waals surface area contributed by atoms with Gasteiger partial charge in [0, 0.05) is 44.5 Å². The molecule has 158 valence electrons. The Kier molecular flexibility index (Phi) is 7.08. The number of amides is 2. The van der Waals surface area contributed by atoms with E-state index in [0.717, 1.165) is 6.07 Å². The van der Waals surface area contributed by atoms with Gasteiger partial charge in [-0.1, -0.05) is 0 Å². The largest absolute Gasteiger partial charge is 0.449 e. The van der Waals surface area contributed by atoms with Crippen LogP contribution in [0.25, 0.3) is 0 Å². The average Bonchev–Trinajstić information content (AvgIpc) is 2.68. The third-order valence-electron chi connectivity index (χ3n) is 4.02. The molecule has 0 radical (unpaired) electrons. The molecule has 0 aliphatic heterocycles. The molecule has 0 fully saturated rings. The number of carbonyl (C=O) groups excluding carboxylic acids is 3. The zero-order valence-electron chi connectivity index (χ0n) is 17.0. The summed E-state index contributed by atoms with van der Waals surface area (Å²) in [5.41, 5.74) is 1.16. The first-order valence-electron chi connectivity index (χ1n) is 8.93. The second-order valence-electron chi connectivity index (χ2n) is 6.65. The Morgan fingerprint density at radius 3 is 2.10 bits per heavy atom. The number of nitrogens with zero attached hydrogens (tertiary/aromatic N) is 2. The number of carbonyl (C=O) groups is 3. The van der Waals surface area contributed by atoms with Gasteiger partial charge in [-0.15, -0.1) is 0 Å². The number of nitro benzene ring substituents is 1. The maximum absolute atomic E-state index is 12.6. The lowest BCUT2D eigenvalue weighted by Gasteiger charge is -2.18. The normalized spacial score (nSPS) is 11.2. The summed E-state index contributed by atoms with van der Waals surface area (Å²) in [5.74, 6) is -1.65. The van der Waals surface area contributed by atoms with E-state index >= 15 is 0 Å². The van der Waals surface area contributed by atoms with Crippen molar-refractivity contribution in [2.24, 2.45) is 0 Å². The molecule has 0 bridgehead atoms. The Bertz CT molecular complexity index is 972. The maximum Gasteiger partial charge on any atom is 0.341 e. The Balaban J connectivity index is 2.09. The zero-order valence-corrected chi connectivity index (χ0v) is 17.0. The highest BCUT2D eigenvalue weighted by molar-refractivity contribution is 6.00. The molecule has 2 aromatic rings. The first kappa shape index (κ1) is 22.3. The van der Waals surface area contributed by atoms with E-state index in [9.17, 15) is 24.5 Å². The summed E-state index contributed by atoms with van der Waals surface area (Å²) < 4.78 is 5.22. The lowest BCUT2D eigenvalue weighted by atomic mass is 10.1. The fourth-order valence-electron chi connectivity index (χ4n) is 2.55. The lowest BCUT2D eigenvalue weighted by molar-refractivity contribution is -0.384. The molecule has 0 spiro atoms. The van der Waals surface area contributed by atoms with E-state index in [4.69, 9.17) is 4.74 Å². The number of non-ortho nitro benzene ring substituents is 1. The molecule has 0 heterocycles. The van der Waals surface area contributed by atoms with E-state index in [1.807, 2.05) is 0 Å². The van der Waals surface area contributed by atoms with E-state index in [-0.39, 0.29) is 17.2 Å². The molecule has 0 aliphatic rings. The van der Waals surface area contributed by atoms with E-state index in [0.29, 0.717) is 17.1 Å². The van der Waals surface area contributed by atoms with Crippen LogP contribution in [0.15, 0.2) is 42.5 Å². The number of hydrogen-bond donors (Lipinski definition) is 2. The number of nitro groups is 1. The highest BCUT2D eigenvalue weighted by atomic mass is 16.6. The lowest BCUT2D eigenvalue weighted by Crippen LogP contribution is -2.30. The van der Waals surface area contributed by atoms with Gasteiger partial charge in [-0.3, -0.25) is 19.7 Å². The van der Waals surface area contributed by atoms with Crippen LogP contribution in [0.1, 0.15) is 24.2 Å². The van der Waals surface area contributed by atoms with Crippen molar-refractivity contribution in [1.29, 1.82) is 0 Å². The van der Waals surface area contributed by atoms with Crippen molar-refractivity contribution < 1.29 is 24.0 Å². The monoisotopic (exact) mass is 414 g/mol. The molecule has 0 aliphatic carbocycles. The van der Waals surface area contributed by atoms with Crippen LogP contribution < -0.4 is 15.5 Å². The molecular weight excluding hydrogens is 392 g/mol. The Hall–Kier alpha value is -3.95. The second-order valence-corrected chi connectivity index (χ2v) is 6.65. The van der Waals surface area contributed by atoms with Crippen molar-refractivity contribution in [2.45, 2.75) is 20.0 Å². The number of esters is 1. The molecule has 2 rings (SSSR count). The van der Waals surface area contributed by atoms with Crippen LogP contribution in [0, 0.1) is 10.1 Å². The van der Waals surface area contributed by atoms with Crippen LogP contribution in [-0.4, -0.2) is 42.9 Å². The fraction of sp³-hybridized carbons (Fsp3) is 0.250. The summed E-state index contributed by atoms with van der Waals surface area (Å²) in [6, 6.07) is 10.2. The van der Waals surface area contributed by atoms with Crippen molar-refractivity contribution in [3.05, 3.63) is 58.1 Å². The summed E-state index contributed by atoms with van der Waals surface area (Å²) in [5, 5.41) is 16.2. The minimum absolute atomic E-state index is 0.0199. The second kappa shape index (κ2) is 9.50. The molecule has 0 aromatic heterocycles. The molecule has 0 unspecified atom stereocenters.